The molecule has 0 aromatic carbocycles. The highest BCUT2D eigenvalue weighted by Gasteiger charge is 2.42. The topological polar surface area (TPSA) is 277 Å². The fraction of sp³-hybridized carbons (Fsp3) is 0.823. The van der Waals surface area contributed by atoms with Gasteiger partial charge < -0.3 is 87.9 Å². The van der Waals surface area contributed by atoms with Crippen LogP contribution in [-0.4, -0.2) is 218 Å². The largest absolute Gasteiger partial charge is 0.458 e. The number of rotatable bonds is 17. The zero-order chi connectivity index (χ0) is 73.2. The second-order valence-corrected chi connectivity index (χ2v) is 30.5. The smallest absolute Gasteiger partial charge is 0.331 e. The van der Waals surface area contributed by atoms with Gasteiger partial charge in [-0.3, -0.25) is 0 Å². The fourth-order valence-electron chi connectivity index (χ4n) is 15.5. The zero-order valence-corrected chi connectivity index (χ0v) is 63.3. The van der Waals surface area contributed by atoms with Gasteiger partial charge in [0.15, 0.2) is 0 Å². The molecule has 5 aliphatic rings. The predicted octanol–water partition coefficient (Wildman–Crippen LogP) is 10.8. The Bertz CT molecular complexity index is 2500. The van der Waals surface area contributed by atoms with E-state index in [0.29, 0.717) is 69.8 Å². The van der Waals surface area contributed by atoms with E-state index in [1.54, 1.807) is 61.5 Å². The van der Waals surface area contributed by atoms with Crippen LogP contribution in [0.3, 0.4) is 0 Å². The summed E-state index contributed by atoms with van der Waals surface area (Å²) in [4.78, 5) is 27.9. The summed E-state index contributed by atoms with van der Waals surface area (Å²) >= 11 is 0. The van der Waals surface area contributed by atoms with Gasteiger partial charge in [-0.2, -0.15) is 0 Å². The summed E-state index contributed by atoms with van der Waals surface area (Å²) < 4.78 is 67.6. The molecule has 2 saturated heterocycles. The van der Waals surface area contributed by atoms with Crippen LogP contribution in [0.5, 0.6) is 0 Å². The van der Waals surface area contributed by atoms with Gasteiger partial charge in [-0.1, -0.05) is 115 Å². The van der Waals surface area contributed by atoms with Crippen LogP contribution in [0.4, 0.5) is 0 Å². The quantitative estimate of drug-likeness (QED) is 0.0526. The molecule has 0 saturated carbocycles. The number of aliphatic hydroxyl groups is 7. The molecule has 7 N–H and O–H groups in total. The van der Waals surface area contributed by atoms with Crippen LogP contribution in [0.2, 0.25) is 0 Å². The molecule has 570 valence electrons. The highest BCUT2D eigenvalue weighted by Crippen LogP contribution is 2.37. The van der Waals surface area contributed by atoms with E-state index < -0.39 is 121 Å². The average Bonchev–Trinajstić information content (AvgIpc) is 0.848. The number of hydrogen-bond acceptors (Lipinski definition) is 20. The molecule has 0 aliphatic carbocycles. The highest BCUT2D eigenvalue weighted by molar-refractivity contribution is 5.83. The Kier molecular flexibility index (Phi) is 38.3. The van der Waals surface area contributed by atoms with Crippen LogP contribution < -0.4 is 0 Å². The lowest BCUT2D eigenvalue weighted by Crippen LogP contribution is -2.45. The third-order valence-corrected chi connectivity index (χ3v) is 22.6. The number of methoxy groups -OCH3 is 5. The Labute approximate surface area is 594 Å². The summed E-state index contributed by atoms with van der Waals surface area (Å²) in [5.41, 5.74) is 1.48. The molecular formula is C79H134O20. The van der Waals surface area contributed by atoms with E-state index in [9.17, 15) is 45.3 Å². The molecular weight excluding hydrogens is 1270 g/mol. The summed E-state index contributed by atoms with van der Waals surface area (Å²) in [6.07, 6.45) is 16.2. The van der Waals surface area contributed by atoms with Crippen LogP contribution in [0, 0.1) is 47.3 Å². The molecule has 0 aromatic rings. The summed E-state index contributed by atoms with van der Waals surface area (Å²) in [7, 11) is 8.28. The number of aliphatic hydroxyl groups excluding tert-OH is 7. The fourth-order valence-corrected chi connectivity index (χ4v) is 15.5. The Balaban J connectivity index is 1.38. The molecule has 0 amide bonds. The molecule has 4 bridgehead atoms. The maximum Gasteiger partial charge on any atom is 0.331 e. The lowest BCUT2D eigenvalue weighted by molar-refractivity contribution is -0.158. The summed E-state index contributed by atoms with van der Waals surface area (Å²) in [5.74, 6) is -5.35. The van der Waals surface area contributed by atoms with Gasteiger partial charge in [0.2, 0.25) is 0 Å². The van der Waals surface area contributed by atoms with E-state index in [2.05, 4.69) is 6.08 Å². The summed E-state index contributed by atoms with van der Waals surface area (Å²) in [6, 6.07) is 0. The number of esters is 2. The van der Waals surface area contributed by atoms with E-state index in [4.69, 9.17) is 52.1 Å². The van der Waals surface area contributed by atoms with Crippen molar-refractivity contribution in [1.29, 1.82) is 0 Å². The minimum atomic E-state index is -1.15. The molecule has 0 spiro atoms. The first-order valence-electron chi connectivity index (χ1n) is 37.4. The molecule has 99 heavy (non-hydrogen) atoms. The lowest BCUT2D eigenvalue weighted by Gasteiger charge is -2.38. The van der Waals surface area contributed by atoms with Gasteiger partial charge in [-0.15, -0.1) is 0 Å². The number of hydrogen-bond donors (Lipinski definition) is 7. The summed E-state index contributed by atoms with van der Waals surface area (Å²) in [6.45, 7) is 22.7. The van der Waals surface area contributed by atoms with Crippen molar-refractivity contribution in [3.8, 4) is 0 Å². The Morgan fingerprint density at radius 1 is 0.444 bits per heavy atom. The van der Waals surface area contributed by atoms with Crippen molar-refractivity contribution in [2.24, 2.45) is 47.3 Å². The molecule has 0 radical (unpaired) electrons. The zero-order valence-electron chi connectivity index (χ0n) is 63.3. The maximum atomic E-state index is 14.0. The van der Waals surface area contributed by atoms with Gasteiger partial charge >= 0.3 is 11.9 Å². The van der Waals surface area contributed by atoms with Crippen molar-refractivity contribution in [1.82, 2.24) is 0 Å². The molecule has 20 heteroatoms. The number of fused-ring (bicyclic) bond motifs is 4. The van der Waals surface area contributed by atoms with Crippen LogP contribution in [0.25, 0.3) is 0 Å². The predicted molar refractivity (Wildman–Crippen MR) is 382 cm³/mol. The van der Waals surface area contributed by atoms with E-state index in [1.807, 2.05) is 99.6 Å². The number of cyclic esters (lactones) is 2. The Hall–Kier alpha value is -3.26. The van der Waals surface area contributed by atoms with Crippen LogP contribution >= 0.6 is 0 Å². The SMILES string of the molecule is CO[C@H]1C[C@H](CC[C@H](C)[C@@H](O)[C@H](C)[C@H]2OC(=O)C=CC(C)=CC[C@H](OC)C[C@@H]3C=CC[C@@H](C[C@H](OC)[C@H](C)[C@H](O)C[C@H](O)[C@H](C)[C@@H]([C@@H](C)[C@H](O)[C@@H](C)CC[C@H]4C[C@H](OC)C[C@H](C)O4)OC(=O)C=CC(C)=CC[C@H](O)C[C@@H]4C=CC[C@@H](C[C@H](OC)[C@H](C)[C@H](O)C[C@H](O)[C@@H]2C)O4)O3)O[C@@H](C)C1. The first kappa shape index (κ1) is 86.4. The number of carbonyl (C=O) groups is 2. The second kappa shape index (κ2) is 43.9. The van der Waals surface area contributed by atoms with Crippen molar-refractivity contribution >= 4 is 11.9 Å². The standard InChI is InChI=1S/C79H134O20/c1-46-24-30-58(80)38-60-20-18-22-62(96-60)42-72(92-16)52(7)68(81)44-70(83)55(10)79(57(12)77(88)49(4)29-33-65-41-67(91-15)37-51(6)95-65)99-75(86)35-27-47(2)25-31-59(89-13)39-61-21-19-23-63(97-61)43-73(93-17)53(8)69(82)45-71(84)54(9)78(98-74(85)34-26-46)56(11)76(87)48(3)28-32-64-40-66(90-14)36-50(5)94-64/h18-21,24-27,34-35,48-73,76-84,87-88H,22-23,28-33,36-45H2,1-17H3/t48-,49-,50-,51-,52+,53+,54-,55-,56-,57-,58-,59-,60-,61-,62-,63-,64-,65-,66+,67+,68+,69+,70-,71-,72-,73-,76+,77+,78-,79-/m0/s1. The van der Waals surface area contributed by atoms with Gasteiger partial charge in [0.05, 0.1) is 122 Å². The first-order chi connectivity index (χ1) is 47.0. The van der Waals surface area contributed by atoms with E-state index >= 15 is 0 Å². The van der Waals surface area contributed by atoms with E-state index in [1.165, 1.54) is 12.2 Å². The second-order valence-electron chi connectivity index (χ2n) is 30.5. The molecule has 0 unspecified atom stereocenters. The summed E-state index contributed by atoms with van der Waals surface area (Å²) in [5, 5.41) is 83.3. The maximum absolute atomic E-state index is 14.0. The average molecular weight is 1400 g/mol. The molecule has 5 rings (SSSR count). The molecule has 30 atom stereocenters. The molecule has 20 nitrogen and oxygen atoms in total. The van der Waals surface area contributed by atoms with Crippen molar-refractivity contribution in [2.45, 2.75) is 333 Å². The molecule has 0 aromatic heterocycles. The monoisotopic (exact) mass is 1400 g/mol. The van der Waals surface area contributed by atoms with Crippen LogP contribution in [0.15, 0.2) is 71.9 Å². The van der Waals surface area contributed by atoms with Crippen LogP contribution in [0.1, 0.15) is 199 Å². The lowest BCUT2D eigenvalue weighted by atomic mass is 9.78. The minimum Gasteiger partial charge on any atom is -0.458 e. The third-order valence-electron chi connectivity index (χ3n) is 22.6. The van der Waals surface area contributed by atoms with Crippen molar-refractivity contribution in [3.63, 3.8) is 0 Å². The molecule has 5 heterocycles. The number of carbonyl (C=O) groups excluding carboxylic acids is 2. The highest BCUT2D eigenvalue weighted by atomic mass is 16.6. The number of allylic oxidation sites excluding steroid dienone is 4. The van der Waals surface area contributed by atoms with Gasteiger partial charge in [0.1, 0.15) is 12.2 Å². The van der Waals surface area contributed by atoms with Gasteiger partial charge in [-0.05, 0) is 129 Å². The van der Waals surface area contributed by atoms with Gasteiger partial charge in [0, 0.05) is 109 Å². The van der Waals surface area contributed by atoms with Crippen molar-refractivity contribution < 1.29 is 97.4 Å². The molecule has 5 aliphatic heterocycles. The molecule has 2 fully saturated rings. The minimum absolute atomic E-state index is 0.0219. The van der Waals surface area contributed by atoms with Crippen molar-refractivity contribution in [2.75, 3.05) is 35.5 Å². The van der Waals surface area contributed by atoms with Crippen molar-refractivity contribution in [3.05, 3.63) is 71.9 Å². The Morgan fingerprint density at radius 3 is 1.22 bits per heavy atom. The third kappa shape index (κ3) is 28.6. The number of ether oxygens (including phenoxy) is 11. The van der Waals surface area contributed by atoms with Crippen LogP contribution in [-0.2, 0) is 61.7 Å². The van der Waals surface area contributed by atoms with E-state index in [-0.39, 0.29) is 98.6 Å². The Morgan fingerprint density at radius 2 is 0.828 bits per heavy atom. The van der Waals surface area contributed by atoms with E-state index in [0.717, 1.165) is 31.3 Å². The first-order valence-corrected chi connectivity index (χ1v) is 37.4. The van der Waals surface area contributed by atoms with Gasteiger partial charge in [-0.25, -0.2) is 9.59 Å². The van der Waals surface area contributed by atoms with Gasteiger partial charge in [0.25, 0.3) is 0 Å². The normalized spacial score (nSPS) is 39.1.